The number of carbonyl (C=O) groups excluding carboxylic acids is 1. The van der Waals surface area contributed by atoms with Crippen molar-refractivity contribution >= 4 is 11.9 Å². The first-order valence-electron chi connectivity index (χ1n) is 5.74. The Morgan fingerprint density at radius 1 is 1.39 bits per heavy atom. The first-order chi connectivity index (χ1) is 8.43. The summed E-state index contributed by atoms with van der Waals surface area (Å²) in [4.78, 5) is 23.8. The lowest BCUT2D eigenvalue weighted by Gasteiger charge is -2.22. The van der Waals surface area contributed by atoms with Crippen LogP contribution in [0, 0.1) is 0 Å². The van der Waals surface area contributed by atoms with Crippen LogP contribution in [0.3, 0.4) is 0 Å². The molecular weight excluding hydrogens is 232 g/mol. The smallest absolute Gasteiger partial charge is 0.335 e. The molecule has 1 atom stereocenters. The highest BCUT2D eigenvalue weighted by atomic mass is 16.4. The molecule has 98 valence electrons. The number of benzene rings is 1. The number of amides is 1. The number of likely N-dealkylation sites (N-methyl/N-ethyl adjacent to an activating group) is 1. The van der Waals surface area contributed by atoms with Crippen molar-refractivity contribution in [1.82, 2.24) is 4.90 Å². The van der Waals surface area contributed by atoms with Crippen LogP contribution in [0.15, 0.2) is 24.3 Å². The van der Waals surface area contributed by atoms with Crippen LogP contribution in [0.25, 0.3) is 0 Å². The highest BCUT2D eigenvalue weighted by molar-refractivity contribution is 5.89. The van der Waals surface area contributed by atoms with Gasteiger partial charge in [-0.3, -0.25) is 9.69 Å². The van der Waals surface area contributed by atoms with Gasteiger partial charge in [0.25, 0.3) is 0 Å². The molecule has 5 nitrogen and oxygen atoms in total. The topological polar surface area (TPSA) is 83.6 Å². The molecule has 1 unspecified atom stereocenters. The zero-order chi connectivity index (χ0) is 13.7. The maximum absolute atomic E-state index is 11.0. The Balaban J connectivity index is 2.69. The predicted molar refractivity (Wildman–Crippen MR) is 68.4 cm³/mol. The van der Waals surface area contributed by atoms with E-state index in [2.05, 4.69) is 0 Å². The van der Waals surface area contributed by atoms with Crippen LogP contribution in [0.2, 0.25) is 0 Å². The zero-order valence-electron chi connectivity index (χ0n) is 10.6. The monoisotopic (exact) mass is 250 g/mol. The minimum absolute atomic E-state index is 0.303. The number of hydrogen-bond acceptors (Lipinski definition) is 3. The summed E-state index contributed by atoms with van der Waals surface area (Å²) in [6.07, 6.45) is 0.566. The van der Waals surface area contributed by atoms with Crippen molar-refractivity contribution in [2.75, 3.05) is 13.6 Å². The van der Waals surface area contributed by atoms with Gasteiger partial charge in [-0.25, -0.2) is 4.79 Å². The summed E-state index contributed by atoms with van der Waals surface area (Å²) in [5, 5.41) is 9.04. The molecule has 0 radical (unpaired) electrons. The summed E-state index contributed by atoms with van der Waals surface area (Å²) >= 11 is 0. The fourth-order valence-electron chi connectivity index (χ4n) is 1.65. The van der Waals surface area contributed by atoms with E-state index in [1.807, 2.05) is 0 Å². The van der Waals surface area contributed by atoms with Crippen molar-refractivity contribution < 1.29 is 14.7 Å². The molecule has 3 N–H and O–H groups in total. The van der Waals surface area contributed by atoms with Gasteiger partial charge in [0.15, 0.2) is 0 Å². The van der Waals surface area contributed by atoms with E-state index in [1.165, 1.54) is 0 Å². The van der Waals surface area contributed by atoms with E-state index >= 15 is 0 Å². The van der Waals surface area contributed by atoms with E-state index in [0.29, 0.717) is 18.5 Å². The van der Waals surface area contributed by atoms with E-state index in [0.717, 1.165) is 5.56 Å². The molecule has 0 aromatic heterocycles. The van der Waals surface area contributed by atoms with Gasteiger partial charge < -0.3 is 10.8 Å². The van der Waals surface area contributed by atoms with E-state index in [4.69, 9.17) is 10.8 Å². The van der Waals surface area contributed by atoms with Crippen molar-refractivity contribution in [2.45, 2.75) is 19.4 Å². The number of nitrogens with zero attached hydrogens (tertiary/aromatic N) is 1. The molecule has 0 aliphatic heterocycles. The maximum atomic E-state index is 11.0. The highest BCUT2D eigenvalue weighted by Crippen LogP contribution is 2.10. The Bertz CT molecular complexity index is 446. The number of hydrogen-bond donors (Lipinski definition) is 2. The van der Waals surface area contributed by atoms with Gasteiger partial charge >= 0.3 is 5.97 Å². The number of aromatic carboxylic acids is 1. The fraction of sp³-hybridized carbons (Fsp3) is 0.385. The minimum atomic E-state index is -0.934. The minimum Gasteiger partial charge on any atom is -0.478 e. The van der Waals surface area contributed by atoms with Gasteiger partial charge in [0.05, 0.1) is 11.6 Å². The van der Waals surface area contributed by atoms with Crippen molar-refractivity contribution in [1.29, 1.82) is 0 Å². The molecule has 1 amide bonds. The summed E-state index contributed by atoms with van der Waals surface area (Å²) in [6, 6.07) is 6.51. The number of primary amides is 1. The largest absolute Gasteiger partial charge is 0.478 e. The Labute approximate surface area is 106 Å². The standard InChI is InChI=1S/C13H18N2O3/c1-9(12(14)16)15(2)8-7-10-5-3-4-6-11(10)13(17)18/h3-6,9H,7-8H2,1-2H3,(H2,14,16)(H,17,18). The Morgan fingerprint density at radius 3 is 2.56 bits per heavy atom. The van der Waals surface area contributed by atoms with Gasteiger partial charge in [-0.05, 0) is 32.0 Å². The number of carboxylic acids is 1. The molecule has 1 rings (SSSR count). The molecule has 5 heteroatoms. The molecule has 0 saturated carbocycles. The van der Waals surface area contributed by atoms with Gasteiger partial charge in [0, 0.05) is 6.54 Å². The van der Waals surface area contributed by atoms with Crippen LogP contribution in [-0.4, -0.2) is 41.5 Å². The summed E-state index contributed by atoms with van der Waals surface area (Å²) in [6.45, 7) is 2.31. The lowest BCUT2D eigenvalue weighted by molar-refractivity contribution is -0.122. The third-order valence-corrected chi connectivity index (χ3v) is 3.05. The van der Waals surface area contributed by atoms with Crippen molar-refractivity contribution in [3.63, 3.8) is 0 Å². The summed E-state index contributed by atoms with van der Waals surface area (Å²) < 4.78 is 0. The quantitative estimate of drug-likeness (QED) is 0.779. The molecule has 0 aliphatic carbocycles. The molecule has 18 heavy (non-hydrogen) atoms. The summed E-state index contributed by atoms with van der Waals surface area (Å²) in [5.74, 6) is -1.32. The van der Waals surface area contributed by atoms with E-state index < -0.39 is 5.97 Å². The fourth-order valence-corrected chi connectivity index (χ4v) is 1.65. The normalized spacial score (nSPS) is 12.4. The van der Waals surface area contributed by atoms with E-state index in [-0.39, 0.29) is 11.9 Å². The maximum Gasteiger partial charge on any atom is 0.335 e. The third-order valence-electron chi connectivity index (χ3n) is 3.05. The zero-order valence-corrected chi connectivity index (χ0v) is 10.6. The van der Waals surface area contributed by atoms with Crippen molar-refractivity contribution in [3.8, 4) is 0 Å². The molecule has 0 bridgehead atoms. The SMILES string of the molecule is CC(C(N)=O)N(C)CCc1ccccc1C(=O)O. The predicted octanol–water partition coefficient (Wildman–Crippen LogP) is 0.733. The molecule has 0 aliphatic rings. The van der Waals surface area contributed by atoms with Gasteiger partial charge in [0.2, 0.25) is 5.91 Å². The van der Waals surface area contributed by atoms with Crippen molar-refractivity contribution in [3.05, 3.63) is 35.4 Å². The third kappa shape index (κ3) is 3.56. The second kappa shape index (κ2) is 6.16. The van der Waals surface area contributed by atoms with Crippen LogP contribution in [0.1, 0.15) is 22.8 Å². The molecule has 0 spiro atoms. The average Bonchev–Trinajstić information content (AvgIpc) is 2.35. The molecule has 1 aromatic carbocycles. The average molecular weight is 250 g/mol. The Kier molecular flexibility index (Phi) is 4.85. The lowest BCUT2D eigenvalue weighted by atomic mass is 10.0. The molecule has 0 saturated heterocycles. The number of carboxylic acid groups (broad SMARTS) is 1. The van der Waals surface area contributed by atoms with Crippen LogP contribution in [0.5, 0.6) is 0 Å². The number of nitrogens with two attached hydrogens (primary N) is 1. The van der Waals surface area contributed by atoms with Crippen LogP contribution < -0.4 is 5.73 Å². The highest BCUT2D eigenvalue weighted by Gasteiger charge is 2.15. The van der Waals surface area contributed by atoms with Crippen LogP contribution >= 0.6 is 0 Å². The van der Waals surface area contributed by atoms with Gasteiger partial charge in [-0.15, -0.1) is 0 Å². The molecular formula is C13H18N2O3. The second-order valence-corrected chi connectivity index (χ2v) is 4.27. The molecule has 1 aromatic rings. The first kappa shape index (κ1) is 14.2. The first-order valence-corrected chi connectivity index (χ1v) is 5.74. The van der Waals surface area contributed by atoms with Gasteiger partial charge in [0.1, 0.15) is 0 Å². The van der Waals surface area contributed by atoms with Crippen molar-refractivity contribution in [2.24, 2.45) is 5.73 Å². The Morgan fingerprint density at radius 2 is 2.00 bits per heavy atom. The van der Waals surface area contributed by atoms with E-state index in [9.17, 15) is 9.59 Å². The molecule has 0 fully saturated rings. The summed E-state index contributed by atoms with van der Waals surface area (Å²) in [7, 11) is 1.79. The summed E-state index contributed by atoms with van der Waals surface area (Å²) in [5.41, 5.74) is 6.27. The molecule has 0 heterocycles. The number of rotatable bonds is 6. The second-order valence-electron chi connectivity index (χ2n) is 4.27. The van der Waals surface area contributed by atoms with E-state index in [1.54, 1.807) is 43.1 Å². The van der Waals surface area contributed by atoms with Gasteiger partial charge in [-0.1, -0.05) is 18.2 Å². The van der Waals surface area contributed by atoms with Gasteiger partial charge in [-0.2, -0.15) is 0 Å². The number of carbonyl (C=O) groups is 2. The lowest BCUT2D eigenvalue weighted by Crippen LogP contribution is -2.41. The van der Waals surface area contributed by atoms with Crippen LogP contribution in [-0.2, 0) is 11.2 Å². The Hall–Kier alpha value is -1.88. The van der Waals surface area contributed by atoms with Crippen LogP contribution in [0.4, 0.5) is 0 Å².